The first-order valence-corrected chi connectivity index (χ1v) is 7.53. The zero-order valence-electron chi connectivity index (χ0n) is 12.0. The highest BCUT2D eigenvalue weighted by Crippen LogP contribution is 2.19. The van der Waals surface area contributed by atoms with Gasteiger partial charge in [0, 0.05) is 25.7 Å². The average molecular weight is 255 g/mol. The second-order valence-corrected chi connectivity index (χ2v) is 5.13. The van der Waals surface area contributed by atoms with E-state index in [0.29, 0.717) is 0 Å². The number of amides is 2. The van der Waals surface area contributed by atoms with E-state index in [1.54, 1.807) is 0 Å². The molecule has 4 nitrogen and oxygen atoms in total. The molecule has 0 spiro atoms. The van der Waals surface area contributed by atoms with Crippen molar-refractivity contribution >= 4 is 6.03 Å². The molecule has 106 valence electrons. The third-order valence-electron chi connectivity index (χ3n) is 3.66. The van der Waals surface area contributed by atoms with Gasteiger partial charge in [0.15, 0.2) is 0 Å². The molecule has 1 rings (SSSR count). The Morgan fingerprint density at radius 1 is 1.22 bits per heavy atom. The smallest absolute Gasteiger partial charge is 0.314 e. The maximum Gasteiger partial charge on any atom is 0.314 e. The molecule has 2 N–H and O–H groups in total. The van der Waals surface area contributed by atoms with Gasteiger partial charge in [-0.3, -0.25) is 0 Å². The highest BCUT2D eigenvalue weighted by atomic mass is 16.2. The molecule has 1 fully saturated rings. The van der Waals surface area contributed by atoms with Crippen molar-refractivity contribution in [1.29, 1.82) is 0 Å². The molecule has 1 heterocycles. The molecular weight excluding hydrogens is 226 g/mol. The summed E-state index contributed by atoms with van der Waals surface area (Å²) >= 11 is 0. The van der Waals surface area contributed by atoms with Gasteiger partial charge < -0.3 is 15.5 Å². The molecule has 4 heteroatoms. The van der Waals surface area contributed by atoms with Crippen LogP contribution in [0.1, 0.15) is 52.4 Å². The van der Waals surface area contributed by atoms with Crippen molar-refractivity contribution in [3.05, 3.63) is 0 Å². The molecule has 0 aromatic rings. The lowest BCUT2D eigenvalue weighted by Crippen LogP contribution is -2.41. The van der Waals surface area contributed by atoms with Crippen LogP contribution in [-0.4, -0.2) is 43.2 Å². The second-order valence-electron chi connectivity index (χ2n) is 5.13. The summed E-state index contributed by atoms with van der Waals surface area (Å²) < 4.78 is 0. The van der Waals surface area contributed by atoms with E-state index in [0.717, 1.165) is 38.5 Å². The molecule has 2 amide bonds. The van der Waals surface area contributed by atoms with Crippen LogP contribution in [0.3, 0.4) is 0 Å². The predicted octanol–water partition coefficient (Wildman–Crippen LogP) is 2.35. The first-order chi connectivity index (χ1) is 8.77. The van der Waals surface area contributed by atoms with E-state index in [1.165, 1.54) is 32.2 Å². The highest BCUT2D eigenvalue weighted by Gasteiger charge is 2.19. The number of hydrogen-bond donors (Lipinski definition) is 2. The van der Waals surface area contributed by atoms with Gasteiger partial charge in [0.05, 0.1) is 0 Å². The van der Waals surface area contributed by atoms with Gasteiger partial charge in [0.2, 0.25) is 0 Å². The summed E-state index contributed by atoms with van der Waals surface area (Å²) in [5, 5.41) is 5.74. The third-order valence-corrected chi connectivity index (χ3v) is 3.66. The lowest BCUT2D eigenvalue weighted by molar-refractivity contribution is 0.142. The number of nitrogens with zero attached hydrogens (tertiary/aromatic N) is 1. The lowest BCUT2D eigenvalue weighted by atomic mass is 10.00. The fourth-order valence-electron chi connectivity index (χ4n) is 2.60. The van der Waals surface area contributed by atoms with Gasteiger partial charge >= 0.3 is 6.03 Å². The number of urea groups is 1. The third kappa shape index (κ3) is 5.71. The minimum absolute atomic E-state index is 0.0254. The van der Waals surface area contributed by atoms with Gasteiger partial charge in [-0.2, -0.15) is 0 Å². The van der Waals surface area contributed by atoms with E-state index >= 15 is 0 Å². The Morgan fingerprint density at radius 3 is 2.72 bits per heavy atom. The number of piperidine rings is 1. The number of nitrogens with one attached hydrogen (secondary N) is 2. The number of hydrogen-bond acceptors (Lipinski definition) is 2. The van der Waals surface area contributed by atoms with E-state index < -0.39 is 0 Å². The quantitative estimate of drug-likeness (QED) is 0.686. The van der Waals surface area contributed by atoms with Crippen LogP contribution < -0.4 is 10.6 Å². The normalized spacial score (nSPS) is 20.7. The molecule has 0 radical (unpaired) electrons. The van der Waals surface area contributed by atoms with Gasteiger partial charge in [-0.15, -0.1) is 0 Å². The Labute approximate surface area is 111 Å². The average Bonchev–Trinajstić information content (AvgIpc) is 2.41. The maximum absolute atomic E-state index is 11.3. The Kier molecular flexibility index (Phi) is 7.81. The van der Waals surface area contributed by atoms with E-state index in [4.69, 9.17) is 0 Å². The molecule has 1 atom stereocenters. The van der Waals surface area contributed by atoms with Crippen molar-refractivity contribution < 1.29 is 4.79 Å². The monoisotopic (exact) mass is 255 g/mol. The fourth-order valence-corrected chi connectivity index (χ4v) is 2.60. The zero-order chi connectivity index (χ0) is 13.2. The standard InChI is InChI=1S/C14H29N3O/c1-3-9-15-14(18)16-10-7-12-17-11-6-5-8-13(17)4-2/h13H,3-12H2,1-2H3,(H2,15,16,18)/t13-/m1/s1. The molecule has 1 aliphatic heterocycles. The van der Waals surface area contributed by atoms with Crippen LogP contribution in [0.5, 0.6) is 0 Å². The summed E-state index contributed by atoms with van der Waals surface area (Å²) in [6, 6.07) is 0.746. The van der Waals surface area contributed by atoms with Crippen LogP contribution in [0.2, 0.25) is 0 Å². The van der Waals surface area contributed by atoms with Crippen molar-refractivity contribution in [2.75, 3.05) is 26.2 Å². The van der Waals surface area contributed by atoms with E-state index in [1.807, 2.05) is 0 Å². The van der Waals surface area contributed by atoms with Crippen LogP contribution in [0, 0.1) is 0 Å². The molecule has 0 aromatic heterocycles. The summed E-state index contributed by atoms with van der Waals surface area (Å²) in [5.74, 6) is 0. The van der Waals surface area contributed by atoms with Crippen LogP contribution in [0.15, 0.2) is 0 Å². The Balaban J connectivity index is 2.07. The molecule has 0 aromatic carbocycles. The SMILES string of the molecule is CCCNC(=O)NCCCN1CCCC[C@H]1CC. The molecule has 0 unspecified atom stereocenters. The van der Waals surface area contributed by atoms with Crippen molar-refractivity contribution in [2.24, 2.45) is 0 Å². The minimum atomic E-state index is -0.0254. The number of carbonyl (C=O) groups is 1. The van der Waals surface area contributed by atoms with Gasteiger partial charge in [-0.25, -0.2) is 4.79 Å². The van der Waals surface area contributed by atoms with Crippen molar-refractivity contribution in [3.63, 3.8) is 0 Å². The largest absolute Gasteiger partial charge is 0.338 e. The summed E-state index contributed by atoms with van der Waals surface area (Å²) in [7, 11) is 0. The van der Waals surface area contributed by atoms with Crippen LogP contribution in [0.25, 0.3) is 0 Å². The van der Waals surface area contributed by atoms with Crippen LogP contribution >= 0.6 is 0 Å². The Morgan fingerprint density at radius 2 is 2.00 bits per heavy atom. The van der Waals surface area contributed by atoms with Crippen LogP contribution in [0.4, 0.5) is 4.79 Å². The molecule has 0 bridgehead atoms. The Hall–Kier alpha value is -0.770. The maximum atomic E-state index is 11.3. The van der Waals surface area contributed by atoms with E-state index in [-0.39, 0.29) is 6.03 Å². The molecule has 0 saturated carbocycles. The molecule has 1 saturated heterocycles. The summed E-state index contributed by atoms with van der Waals surface area (Å²) in [6.45, 7) is 8.23. The summed E-state index contributed by atoms with van der Waals surface area (Å²) in [4.78, 5) is 13.9. The van der Waals surface area contributed by atoms with Gasteiger partial charge in [0.25, 0.3) is 0 Å². The van der Waals surface area contributed by atoms with E-state index in [2.05, 4.69) is 29.4 Å². The first kappa shape index (κ1) is 15.3. The topological polar surface area (TPSA) is 44.4 Å². The van der Waals surface area contributed by atoms with Crippen molar-refractivity contribution in [1.82, 2.24) is 15.5 Å². The first-order valence-electron chi connectivity index (χ1n) is 7.53. The summed E-state index contributed by atoms with van der Waals surface area (Å²) in [6.07, 6.45) is 7.36. The molecule has 18 heavy (non-hydrogen) atoms. The van der Waals surface area contributed by atoms with Crippen LogP contribution in [-0.2, 0) is 0 Å². The molecule has 1 aliphatic rings. The Bertz CT molecular complexity index is 233. The van der Waals surface area contributed by atoms with Crippen molar-refractivity contribution in [3.8, 4) is 0 Å². The van der Waals surface area contributed by atoms with Gasteiger partial charge in [-0.1, -0.05) is 20.3 Å². The fraction of sp³-hybridized carbons (Fsp3) is 0.929. The molecule has 0 aliphatic carbocycles. The number of likely N-dealkylation sites (tertiary alicyclic amines) is 1. The van der Waals surface area contributed by atoms with Crippen molar-refractivity contribution in [2.45, 2.75) is 58.4 Å². The zero-order valence-corrected chi connectivity index (χ0v) is 12.0. The second kappa shape index (κ2) is 9.20. The van der Waals surface area contributed by atoms with Gasteiger partial charge in [0.1, 0.15) is 0 Å². The number of rotatable bonds is 7. The van der Waals surface area contributed by atoms with Gasteiger partial charge in [-0.05, 0) is 38.6 Å². The highest BCUT2D eigenvalue weighted by molar-refractivity contribution is 5.73. The van der Waals surface area contributed by atoms with E-state index in [9.17, 15) is 4.79 Å². The molecular formula is C14H29N3O. The predicted molar refractivity (Wildman–Crippen MR) is 75.8 cm³/mol. The summed E-state index contributed by atoms with van der Waals surface area (Å²) in [5.41, 5.74) is 0. The number of carbonyl (C=O) groups excluding carboxylic acids is 1. The minimum Gasteiger partial charge on any atom is -0.338 e. The lowest BCUT2D eigenvalue weighted by Gasteiger charge is -2.35.